The van der Waals surface area contributed by atoms with Gasteiger partial charge in [0.15, 0.2) is 0 Å². The van der Waals surface area contributed by atoms with Crippen molar-refractivity contribution >= 4 is 35.2 Å². The lowest BCUT2D eigenvalue weighted by Crippen LogP contribution is -2.52. The van der Waals surface area contributed by atoms with Gasteiger partial charge in [-0.3, -0.25) is 9.59 Å². The Morgan fingerprint density at radius 3 is 2.32 bits per heavy atom. The Balaban J connectivity index is 1.56. The zero-order valence-corrected chi connectivity index (χ0v) is 22.3. The molecule has 0 aliphatic heterocycles. The third-order valence-electron chi connectivity index (χ3n) is 6.68. The van der Waals surface area contributed by atoms with Crippen molar-refractivity contribution in [2.24, 2.45) is 0 Å². The van der Waals surface area contributed by atoms with Gasteiger partial charge in [-0.25, -0.2) is 4.39 Å². The van der Waals surface area contributed by atoms with Crippen LogP contribution in [0.5, 0.6) is 0 Å². The number of hydrogen-bond acceptors (Lipinski definition) is 3. The number of rotatable bonds is 11. The quantitative estimate of drug-likeness (QED) is 0.307. The van der Waals surface area contributed by atoms with Crippen LogP contribution in [-0.2, 0) is 28.3 Å². The number of nitrogens with zero attached hydrogens (tertiary/aromatic N) is 1. The average Bonchev–Trinajstić information content (AvgIpc) is 3.42. The number of halogens is 2. The summed E-state index contributed by atoms with van der Waals surface area (Å²) < 4.78 is 14.7. The van der Waals surface area contributed by atoms with Crippen LogP contribution in [0.2, 0.25) is 5.02 Å². The van der Waals surface area contributed by atoms with Crippen LogP contribution in [-0.4, -0.2) is 34.6 Å². The van der Waals surface area contributed by atoms with E-state index in [4.69, 9.17) is 11.6 Å². The van der Waals surface area contributed by atoms with E-state index in [0.717, 1.165) is 36.8 Å². The fourth-order valence-corrected chi connectivity index (χ4v) is 5.65. The molecule has 0 heterocycles. The first-order valence-electron chi connectivity index (χ1n) is 12.7. The molecular weight excluding hydrogens is 507 g/mol. The molecule has 3 aromatic rings. The molecule has 1 saturated carbocycles. The van der Waals surface area contributed by atoms with E-state index >= 15 is 0 Å². The number of hydrogen-bond donors (Lipinski definition) is 1. The molecule has 0 radical (unpaired) electrons. The lowest BCUT2D eigenvalue weighted by atomic mass is 10.0. The highest BCUT2D eigenvalue weighted by Gasteiger charge is 2.32. The molecule has 7 heteroatoms. The van der Waals surface area contributed by atoms with Crippen molar-refractivity contribution in [1.82, 2.24) is 10.2 Å². The van der Waals surface area contributed by atoms with Crippen LogP contribution in [0.3, 0.4) is 0 Å². The molecule has 0 bridgehead atoms. The number of amides is 2. The van der Waals surface area contributed by atoms with Crippen LogP contribution in [0.1, 0.15) is 42.4 Å². The van der Waals surface area contributed by atoms with Gasteiger partial charge in [-0.05, 0) is 42.2 Å². The van der Waals surface area contributed by atoms with Crippen molar-refractivity contribution in [3.05, 3.63) is 106 Å². The molecule has 1 fully saturated rings. The van der Waals surface area contributed by atoms with Gasteiger partial charge >= 0.3 is 0 Å². The van der Waals surface area contributed by atoms with Gasteiger partial charge in [-0.1, -0.05) is 85.1 Å². The topological polar surface area (TPSA) is 49.4 Å². The summed E-state index contributed by atoms with van der Waals surface area (Å²) in [5.41, 5.74) is 2.40. The molecule has 4 nitrogen and oxygen atoms in total. The Bertz CT molecular complexity index is 1170. The summed E-state index contributed by atoms with van der Waals surface area (Å²) >= 11 is 7.46. The molecule has 194 valence electrons. The maximum absolute atomic E-state index is 14.7. The van der Waals surface area contributed by atoms with Crippen molar-refractivity contribution in [3.8, 4) is 0 Å². The Morgan fingerprint density at radius 1 is 0.946 bits per heavy atom. The van der Waals surface area contributed by atoms with E-state index in [-0.39, 0.29) is 36.0 Å². The highest BCUT2D eigenvalue weighted by Crippen LogP contribution is 2.22. The van der Waals surface area contributed by atoms with E-state index in [1.807, 2.05) is 54.6 Å². The smallest absolute Gasteiger partial charge is 0.243 e. The Kier molecular flexibility index (Phi) is 10.0. The highest BCUT2D eigenvalue weighted by atomic mass is 35.5. The summed E-state index contributed by atoms with van der Waals surface area (Å²) in [5.74, 6) is 0.0595. The predicted octanol–water partition coefficient (Wildman–Crippen LogP) is 6.41. The molecule has 0 saturated heterocycles. The lowest BCUT2D eigenvalue weighted by molar-refractivity contribution is -0.139. The monoisotopic (exact) mass is 538 g/mol. The van der Waals surface area contributed by atoms with Crippen molar-refractivity contribution in [3.63, 3.8) is 0 Å². The fraction of sp³-hybridized carbons (Fsp3) is 0.333. The van der Waals surface area contributed by atoms with Crippen LogP contribution >= 0.6 is 23.4 Å². The van der Waals surface area contributed by atoms with Gasteiger partial charge in [0.1, 0.15) is 11.9 Å². The summed E-state index contributed by atoms with van der Waals surface area (Å²) in [6.45, 7) is 0.0304. The normalized spacial score (nSPS) is 14.3. The second kappa shape index (κ2) is 13.6. The minimum atomic E-state index is -0.744. The molecule has 0 spiro atoms. The van der Waals surface area contributed by atoms with Crippen LogP contribution in [0.25, 0.3) is 0 Å². The minimum Gasteiger partial charge on any atom is -0.352 e. The minimum absolute atomic E-state index is 0.0304. The molecule has 37 heavy (non-hydrogen) atoms. The molecule has 1 atom stereocenters. The first-order valence-corrected chi connectivity index (χ1v) is 14.2. The molecule has 4 rings (SSSR count). The highest BCUT2D eigenvalue weighted by molar-refractivity contribution is 7.99. The second-order valence-electron chi connectivity index (χ2n) is 9.43. The fourth-order valence-electron chi connectivity index (χ4n) is 4.65. The van der Waals surface area contributed by atoms with Gasteiger partial charge in [-0.2, -0.15) is 0 Å². The number of carbonyl (C=O) groups excluding carboxylic acids is 2. The van der Waals surface area contributed by atoms with Gasteiger partial charge in [0.2, 0.25) is 11.8 Å². The summed E-state index contributed by atoms with van der Waals surface area (Å²) in [6, 6.07) is 23.0. The number of thioether (sulfide) groups is 1. The lowest BCUT2D eigenvalue weighted by Gasteiger charge is -2.32. The number of carbonyl (C=O) groups is 2. The zero-order valence-electron chi connectivity index (χ0n) is 20.7. The van der Waals surface area contributed by atoms with Crippen molar-refractivity contribution in [2.45, 2.75) is 56.5 Å². The van der Waals surface area contributed by atoms with Gasteiger partial charge in [0.05, 0.1) is 5.75 Å². The van der Waals surface area contributed by atoms with E-state index in [2.05, 4.69) is 5.32 Å². The molecule has 0 unspecified atom stereocenters. The van der Waals surface area contributed by atoms with Crippen molar-refractivity contribution < 1.29 is 14.0 Å². The maximum atomic E-state index is 14.7. The van der Waals surface area contributed by atoms with Crippen LogP contribution in [0.15, 0.2) is 78.9 Å². The standard InChI is InChI=1S/C30H32ClFN2O2S/c31-25-16-14-23(15-17-25)20-37-21-29(35)34(19-24-10-4-7-13-27(24)32)28(18-22-8-2-1-3-9-22)30(36)33-26-11-5-6-12-26/h1-4,7-10,13-17,26,28H,5-6,11-12,18-21H2,(H,33,36)/t28-/m1/s1. The third kappa shape index (κ3) is 8.08. The van der Waals surface area contributed by atoms with E-state index in [0.29, 0.717) is 22.8 Å². The molecule has 0 aromatic heterocycles. The molecule has 3 aromatic carbocycles. The van der Waals surface area contributed by atoms with Gasteiger partial charge in [0.25, 0.3) is 0 Å². The second-order valence-corrected chi connectivity index (χ2v) is 10.8. The van der Waals surface area contributed by atoms with E-state index in [9.17, 15) is 14.0 Å². The summed E-state index contributed by atoms with van der Waals surface area (Å²) in [5, 5.41) is 3.84. The van der Waals surface area contributed by atoms with E-state index in [1.54, 1.807) is 23.1 Å². The van der Waals surface area contributed by atoms with Gasteiger partial charge in [-0.15, -0.1) is 11.8 Å². The molecular formula is C30H32ClFN2O2S. The molecule has 2 amide bonds. The molecule has 1 aliphatic rings. The predicted molar refractivity (Wildman–Crippen MR) is 149 cm³/mol. The largest absolute Gasteiger partial charge is 0.352 e. The maximum Gasteiger partial charge on any atom is 0.243 e. The van der Waals surface area contributed by atoms with Gasteiger partial charge in [0, 0.05) is 35.3 Å². The Labute approximate surface area is 227 Å². The molecule has 1 aliphatic carbocycles. The average molecular weight is 539 g/mol. The first kappa shape index (κ1) is 27.2. The van der Waals surface area contributed by atoms with Crippen LogP contribution in [0, 0.1) is 5.82 Å². The summed E-state index contributed by atoms with van der Waals surface area (Å²) in [6.07, 6.45) is 4.44. The van der Waals surface area contributed by atoms with Crippen LogP contribution in [0.4, 0.5) is 4.39 Å². The van der Waals surface area contributed by atoms with Crippen LogP contribution < -0.4 is 5.32 Å². The number of benzene rings is 3. The Hall–Kier alpha value is -2.83. The third-order valence-corrected chi connectivity index (χ3v) is 7.92. The van der Waals surface area contributed by atoms with Crippen molar-refractivity contribution in [1.29, 1.82) is 0 Å². The SMILES string of the molecule is O=C(NC1CCCC1)[C@@H](Cc1ccccc1)N(Cc1ccccc1F)C(=O)CSCc1ccc(Cl)cc1. The van der Waals surface area contributed by atoms with E-state index < -0.39 is 6.04 Å². The van der Waals surface area contributed by atoms with Crippen molar-refractivity contribution in [2.75, 3.05) is 5.75 Å². The Morgan fingerprint density at radius 2 is 1.62 bits per heavy atom. The molecule has 1 N–H and O–H groups in total. The zero-order chi connectivity index (χ0) is 26.0. The summed E-state index contributed by atoms with van der Waals surface area (Å²) in [7, 11) is 0. The summed E-state index contributed by atoms with van der Waals surface area (Å²) in [4.78, 5) is 28.9. The van der Waals surface area contributed by atoms with Gasteiger partial charge < -0.3 is 10.2 Å². The first-order chi connectivity index (χ1) is 18.0. The number of nitrogens with one attached hydrogen (secondary N) is 1. The van der Waals surface area contributed by atoms with E-state index in [1.165, 1.54) is 17.8 Å².